The second kappa shape index (κ2) is 29.2. The van der Waals surface area contributed by atoms with E-state index in [0.717, 1.165) is 6.42 Å². The van der Waals surface area contributed by atoms with Crippen LogP contribution in [0, 0.1) is 0 Å². The van der Waals surface area contributed by atoms with Crippen LogP contribution in [-0.4, -0.2) is 17.1 Å². The number of hydrogen-bond acceptors (Lipinski definition) is 1. The zero-order chi connectivity index (χ0) is 11.7. The highest BCUT2D eigenvalue weighted by atomic mass is 35.5. The molecule has 0 aromatic carbocycles. The first-order chi connectivity index (χ1) is 6.74. The van der Waals surface area contributed by atoms with E-state index in [1.165, 1.54) is 32.1 Å². The van der Waals surface area contributed by atoms with Crippen molar-refractivity contribution >= 4 is 23.2 Å². The molecule has 0 radical (unpaired) electrons. The van der Waals surface area contributed by atoms with Crippen molar-refractivity contribution in [3.8, 4) is 0 Å². The summed E-state index contributed by atoms with van der Waals surface area (Å²) in [5, 5.41) is 8.07. The average molecular weight is 245 g/mol. The average Bonchev–Trinajstić information content (AvgIpc) is 2.20. The highest BCUT2D eigenvalue weighted by molar-refractivity contribution is 6.40. The molecule has 0 fully saturated rings. The Bertz CT molecular complexity index is 55.2. The molecule has 0 amide bonds. The lowest BCUT2D eigenvalue weighted by molar-refractivity contribution is 0.295. The van der Waals surface area contributed by atoms with Crippen molar-refractivity contribution in [1.29, 1.82) is 0 Å². The molecular weight excluding hydrogens is 219 g/mol. The van der Waals surface area contributed by atoms with Crippen molar-refractivity contribution in [2.75, 3.05) is 11.9 Å². The molecule has 0 aliphatic rings. The van der Waals surface area contributed by atoms with Gasteiger partial charge in [-0.25, -0.2) is 0 Å². The molecule has 1 nitrogen and oxygen atoms in total. The summed E-state index contributed by atoms with van der Waals surface area (Å²) in [5.74, 6) is 0. The van der Waals surface area contributed by atoms with Gasteiger partial charge in [-0.3, -0.25) is 0 Å². The Kier molecular flexibility index (Phi) is 41.7. The number of halogens is 2. The summed E-state index contributed by atoms with van der Waals surface area (Å²) in [4.78, 5) is 0. The Morgan fingerprint density at radius 3 is 1.21 bits per heavy atom. The summed E-state index contributed by atoms with van der Waals surface area (Å²) in [7, 11) is 0. The van der Waals surface area contributed by atoms with Crippen LogP contribution in [0.3, 0.4) is 0 Å². The van der Waals surface area contributed by atoms with E-state index >= 15 is 0 Å². The molecule has 0 saturated heterocycles. The van der Waals surface area contributed by atoms with E-state index in [4.69, 9.17) is 28.3 Å². The zero-order valence-corrected chi connectivity index (χ0v) is 11.4. The molecule has 0 unspecified atom stereocenters. The highest BCUT2D eigenvalue weighted by Gasteiger charge is 1.80. The van der Waals surface area contributed by atoms with Gasteiger partial charge in [-0.1, -0.05) is 52.9 Å². The maximum absolute atomic E-state index is 7.88. The van der Waals surface area contributed by atoms with Crippen molar-refractivity contribution in [3.05, 3.63) is 0 Å². The molecule has 1 N–H and O–H groups in total. The van der Waals surface area contributed by atoms with Gasteiger partial charge in [-0.05, 0) is 6.42 Å². The predicted molar refractivity (Wildman–Crippen MR) is 68.4 cm³/mol. The summed E-state index contributed by atoms with van der Waals surface area (Å²) in [6.45, 7) is 6.74. The van der Waals surface area contributed by atoms with Gasteiger partial charge in [0.1, 0.15) is 0 Å². The van der Waals surface area contributed by atoms with Crippen LogP contribution in [0.4, 0.5) is 0 Å². The number of rotatable bonds is 5. The van der Waals surface area contributed by atoms with Gasteiger partial charge in [-0.15, -0.1) is 23.2 Å². The lowest BCUT2D eigenvalue weighted by Gasteiger charge is -1.90. The third-order valence-electron chi connectivity index (χ3n) is 1.43. The summed E-state index contributed by atoms with van der Waals surface area (Å²) in [6, 6.07) is 0. The Hall–Kier alpha value is 0.540. The van der Waals surface area contributed by atoms with E-state index < -0.39 is 0 Å². The van der Waals surface area contributed by atoms with Gasteiger partial charge in [0.2, 0.25) is 0 Å². The summed E-state index contributed by atoms with van der Waals surface area (Å²) in [6.07, 6.45) is 7.88. The number of hydrogen-bond donors (Lipinski definition) is 1. The van der Waals surface area contributed by atoms with E-state index in [-0.39, 0.29) is 5.34 Å². The van der Waals surface area contributed by atoms with Crippen molar-refractivity contribution in [2.45, 2.75) is 59.3 Å². The molecule has 14 heavy (non-hydrogen) atoms. The van der Waals surface area contributed by atoms with Crippen LogP contribution in [0.5, 0.6) is 0 Å². The molecule has 3 heteroatoms. The molecule has 0 atom stereocenters. The van der Waals surface area contributed by atoms with Gasteiger partial charge < -0.3 is 5.11 Å². The number of aliphatic hydroxyl groups is 1. The Balaban J connectivity index is -0.000000147. The van der Waals surface area contributed by atoms with Gasteiger partial charge in [-0.2, -0.15) is 0 Å². The molecule has 0 aromatic heterocycles. The zero-order valence-electron chi connectivity index (χ0n) is 9.86. The fourth-order valence-corrected chi connectivity index (χ4v) is 0.677. The lowest BCUT2D eigenvalue weighted by atomic mass is 10.2. The van der Waals surface area contributed by atoms with Crippen LogP contribution in [0.15, 0.2) is 0 Å². The molecule has 0 saturated carbocycles. The molecule has 0 bridgehead atoms. The van der Waals surface area contributed by atoms with Crippen molar-refractivity contribution in [1.82, 2.24) is 0 Å². The quantitative estimate of drug-likeness (QED) is 0.545. The van der Waals surface area contributed by atoms with E-state index in [9.17, 15) is 0 Å². The SMILES string of the molecule is CCCCCCC.CCCO.ClCCl. The maximum Gasteiger partial charge on any atom is 0.0967 e. The molecule has 0 aromatic rings. The normalized spacial score (nSPS) is 8.14. The Labute approximate surface area is 99.8 Å². The topological polar surface area (TPSA) is 20.2 Å². The first kappa shape index (κ1) is 20.0. The second-order valence-corrected chi connectivity index (χ2v) is 3.69. The van der Waals surface area contributed by atoms with E-state index in [2.05, 4.69) is 13.8 Å². The molecule has 90 valence electrons. The fraction of sp³-hybridized carbons (Fsp3) is 1.00. The van der Waals surface area contributed by atoms with Crippen molar-refractivity contribution in [2.24, 2.45) is 0 Å². The number of aliphatic hydroxyl groups excluding tert-OH is 1. The largest absolute Gasteiger partial charge is 0.396 e. The first-order valence-electron chi connectivity index (χ1n) is 5.47. The molecule has 0 aliphatic heterocycles. The standard InChI is InChI=1S/C7H16.C3H8O.CH2Cl2/c1-3-5-7-6-4-2;1-2-3-4;2-1-3/h3-7H2,1-2H3;4H,2-3H2,1H3;1H2. The van der Waals surface area contributed by atoms with Crippen LogP contribution in [-0.2, 0) is 0 Å². The van der Waals surface area contributed by atoms with Crippen molar-refractivity contribution in [3.63, 3.8) is 0 Å². The number of alkyl halides is 2. The molecule has 0 spiro atoms. The molecule has 0 rings (SSSR count). The fourth-order valence-electron chi connectivity index (χ4n) is 0.677. The van der Waals surface area contributed by atoms with Gasteiger partial charge >= 0.3 is 0 Å². The third-order valence-corrected chi connectivity index (χ3v) is 1.43. The minimum absolute atomic E-state index is 0.194. The smallest absolute Gasteiger partial charge is 0.0967 e. The van der Waals surface area contributed by atoms with Crippen molar-refractivity contribution < 1.29 is 5.11 Å². The minimum atomic E-state index is 0.194. The Morgan fingerprint density at radius 1 is 0.786 bits per heavy atom. The maximum atomic E-state index is 7.88. The van der Waals surface area contributed by atoms with E-state index in [1.807, 2.05) is 6.92 Å². The van der Waals surface area contributed by atoms with E-state index in [1.54, 1.807) is 0 Å². The van der Waals surface area contributed by atoms with Gasteiger partial charge in [0.05, 0.1) is 5.34 Å². The highest BCUT2D eigenvalue weighted by Crippen LogP contribution is 2.00. The monoisotopic (exact) mass is 244 g/mol. The van der Waals surface area contributed by atoms with Crippen LogP contribution in [0.1, 0.15) is 59.3 Å². The molecular formula is C11H26Cl2O. The van der Waals surface area contributed by atoms with Gasteiger partial charge in [0, 0.05) is 6.61 Å². The van der Waals surface area contributed by atoms with Gasteiger partial charge in [0.15, 0.2) is 0 Å². The summed E-state index contributed by atoms with van der Waals surface area (Å²) < 4.78 is 0. The van der Waals surface area contributed by atoms with Crippen LogP contribution in [0.2, 0.25) is 0 Å². The predicted octanol–water partition coefficient (Wildman–Crippen LogP) is 4.79. The second-order valence-electron chi connectivity index (χ2n) is 2.89. The van der Waals surface area contributed by atoms with Crippen LogP contribution in [0.25, 0.3) is 0 Å². The third kappa shape index (κ3) is 54.4. The van der Waals surface area contributed by atoms with Crippen LogP contribution >= 0.6 is 23.2 Å². The minimum Gasteiger partial charge on any atom is -0.396 e. The summed E-state index contributed by atoms with van der Waals surface area (Å²) in [5.41, 5.74) is 0. The number of unbranched alkanes of at least 4 members (excludes halogenated alkanes) is 4. The van der Waals surface area contributed by atoms with Crippen LogP contribution < -0.4 is 0 Å². The van der Waals surface area contributed by atoms with E-state index in [0.29, 0.717) is 6.61 Å². The summed E-state index contributed by atoms with van der Waals surface area (Å²) >= 11 is 9.53. The first-order valence-corrected chi connectivity index (χ1v) is 6.54. The van der Waals surface area contributed by atoms with Gasteiger partial charge in [0.25, 0.3) is 0 Å². The lowest BCUT2D eigenvalue weighted by Crippen LogP contribution is -1.70. The molecule has 0 heterocycles. The Morgan fingerprint density at radius 2 is 1.07 bits per heavy atom. The molecule has 0 aliphatic carbocycles.